The number of carbonyl (C=O) groups is 1. The third-order valence-electron chi connectivity index (χ3n) is 2.34. The average molecular weight is 180 g/mol. The third kappa shape index (κ3) is 3.45. The molecule has 1 N–H and O–H groups in total. The normalized spacial score (nSPS) is 28.9. The fourth-order valence-corrected chi connectivity index (χ4v) is 1.96. The minimum atomic E-state index is -0.847. The molecule has 1 rings (SSSR count). The van der Waals surface area contributed by atoms with Gasteiger partial charge in [0, 0.05) is 6.08 Å². The first-order chi connectivity index (χ1) is 6.08. The van der Waals surface area contributed by atoms with Crippen LogP contribution in [0.3, 0.4) is 0 Å². The molecule has 0 spiro atoms. The molecule has 0 aromatic heterocycles. The first-order valence-electron chi connectivity index (χ1n) is 4.66. The van der Waals surface area contributed by atoms with Crippen LogP contribution in [0.25, 0.3) is 0 Å². The van der Waals surface area contributed by atoms with Gasteiger partial charge < -0.3 is 5.11 Å². The second-order valence-electron chi connectivity index (χ2n) is 3.89. The van der Waals surface area contributed by atoms with Crippen LogP contribution in [0.4, 0.5) is 0 Å². The van der Waals surface area contributed by atoms with Gasteiger partial charge in [0.05, 0.1) is 0 Å². The summed E-state index contributed by atoms with van der Waals surface area (Å²) in [6.07, 6.45) is 7.42. The SMILES string of the molecule is CC1=C[C@H](C)C[C@@H](/C=C/C(=O)O)C1. The van der Waals surface area contributed by atoms with Crippen LogP contribution in [0.2, 0.25) is 0 Å². The number of hydrogen-bond acceptors (Lipinski definition) is 1. The highest BCUT2D eigenvalue weighted by Crippen LogP contribution is 2.28. The van der Waals surface area contributed by atoms with Gasteiger partial charge in [-0.3, -0.25) is 0 Å². The number of hydrogen-bond donors (Lipinski definition) is 1. The number of allylic oxidation sites excluding steroid dienone is 3. The quantitative estimate of drug-likeness (QED) is 0.524. The van der Waals surface area contributed by atoms with Gasteiger partial charge in [-0.1, -0.05) is 24.6 Å². The molecular formula is C11H16O2. The van der Waals surface area contributed by atoms with Gasteiger partial charge in [-0.2, -0.15) is 0 Å². The Labute approximate surface area is 79.0 Å². The molecule has 2 atom stereocenters. The Hall–Kier alpha value is -1.05. The topological polar surface area (TPSA) is 37.3 Å². The molecule has 0 aliphatic heterocycles. The summed E-state index contributed by atoms with van der Waals surface area (Å²) in [6, 6.07) is 0. The molecule has 13 heavy (non-hydrogen) atoms. The highest BCUT2D eigenvalue weighted by Gasteiger charge is 2.15. The van der Waals surface area contributed by atoms with Gasteiger partial charge in [0.2, 0.25) is 0 Å². The Kier molecular flexibility index (Phi) is 3.29. The van der Waals surface area contributed by atoms with E-state index in [1.165, 1.54) is 11.6 Å². The summed E-state index contributed by atoms with van der Waals surface area (Å²) in [6.45, 7) is 4.28. The monoisotopic (exact) mass is 180 g/mol. The highest BCUT2D eigenvalue weighted by atomic mass is 16.4. The molecule has 72 valence electrons. The van der Waals surface area contributed by atoms with Crippen molar-refractivity contribution in [1.29, 1.82) is 0 Å². The maximum atomic E-state index is 10.3. The summed E-state index contributed by atoms with van der Waals surface area (Å²) < 4.78 is 0. The van der Waals surface area contributed by atoms with E-state index in [1.807, 2.05) is 6.08 Å². The van der Waals surface area contributed by atoms with E-state index in [2.05, 4.69) is 19.9 Å². The lowest BCUT2D eigenvalue weighted by atomic mass is 9.83. The summed E-state index contributed by atoms with van der Waals surface area (Å²) in [7, 11) is 0. The van der Waals surface area contributed by atoms with Crippen molar-refractivity contribution < 1.29 is 9.90 Å². The molecule has 0 aromatic rings. The van der Waals surface area contributed by atoms with Crippen LogP contribution >= 0.6 is 0 Å². The molecule has 0 radical (unpaired) electrons. The lowest BCUT2D eigenvalue weighted by Crippen LogP contribution is -2.09. The zero-order chi connectivity index (χ0) is 9.84. The zero-order valence-corrected chi connectivity index (χ0v) is 8.16. The molecule has 0 saturated heterocycles. The van der Waals surface area contributed by atoms with E-state index in [0.717, 1.165) is 12.8 Å². The van der Waals surface area contributed by atoms with Gasteiger partial charge >= 0.3 is 5.97 Å². The largest absolute Gasteiger partial charge is 0.478 e. The minimum Gasteiger partial charge on any atom is -0.478 e. The van der Waals surface area contributed by atoms with E-state index in [1.54, 1.807) is 0 Å². The van der Waals surface area contributed by atoms with Crippen LogP contribution in [0, 0.1) is 11.8 Å². The Morgan fingerprint density at radius 1 is 1.69 bits per heavy atom. The van der Waals surface area contributed by atoms with Gasteiger partial charge in [0.15, 0.2) is 0 Å². The molecule has 0 unspecified atom stereocenters. The van der Waals surface area contributed by atoms with Gasteiger partial charge in [0.1, 0.15) is 0 Å². The Balaban J connectivity index is 2.55. The van der Waals surface area contributed by atoms with Crippen LogP contribution in [0.1, 0.15) is 26.7 Å². The van der Waals surface area contributed by atoms with E-state index in [0.29, 0.717) is 11.8 Å². The molecule has 0 heterocycles. The fraction of sp³-hybridized carbons (Fsp3) is 0.545. The number of aliphatic carboxylic acids is 1. The average Bonchev–Trinajstić information content (AvgIpc) is 1.99. The summed E-state index contributed by atoms with van der Waals surface area (Å²) >= 11 is 0. The standard InChI is InChI=1S/C11H16O2/c1-8-5-9(2)7-10(6-8)3-4-11(12)13/h3-5,8,10H,6-7H2,1-2H3,(H,12,13)/b4-3+/t8-,10+/m0/s1. The molecule has 1 aliphatic carbocycles. The molecule has 2 nitrogen and oxygen atoms in total. The van der Waals surface area contributed by atoms with Crippen LogP contribution in [-0.2, 0) is 4.79 Å². The first kappa shape index (κ1) is 10.0. The van der Waals surface area contributed by atoms with Crippen LogP contribution in [0.15, 0.2) is 23.8 Å². The summed E-state index contributed by atoms with van der Waals surface area (Å²) in [5, 5.41) is 8.47. The molecule has 1 aliphatic rings. The van der Waals surface area contributed by atoms with Crippen molar-refractivity contribution in [2.24, 2.45) is 11.8 Å². The summed E-state index contributed by atoms with van der Waals surface area (Å²) in [5.41, 5.74) is 1.37. The van der Waals surface area contributed by atoms with Crippen molar-refractivity contribution in [3.8, 4) is 0 Å². The van der Waals surface area contributed by atoms with E-state index in [4.69, 9.17) is 5.11 Å². The molecule has 2 heteroatoms. The Morgan fingerprint density at radius 3 is 2.92 bits per heavy atom. The van der Waals surface area contributed by atoms with Crippen LogP contribution in [-0.4, -0.2) is 11.1 Å². The van der Waals surface area contributed by atoms with Gasteiger partial charge in [0.25, 0.3) is 0 Å². The highest BCUT2D eigenvalue weighted by molar-refractivity contribution is 5.79. The smallest absolute Gasteiger partial charge is 0.327 e. The first-order valence-corrected chi connectivity index (χ1v) is 4.66. The summed E-state index contributed by atoms with van der Waals surface area (Å²) in [4.78, 5) is 10.3. The lowest BCUT2D eigenvalue weighted by molar-refractivity contribution is -0.131. The molecular weight excluding hydrogens is 164 g/mol. The Morgan fingerprint density at radius 2 is 2.38 bits per heavy atom. The molecule has 0 amide bonds. The van der Waals surface area contributed by atoms with E-state index in [-0.39, 0.29) is 0 Å². The van der Waals surface area contributed by atoms with Crippen LogP contribution in [0.5, 0.6) is 0 Å². The van der Waals surface area contributed by atoms with Crippen molar-refractivity contribution in [2.45, 2.75) is 26.7 Å². The lowest BCUT2D eigenvalue weighted by Gasteiger charge is -2.22. The predicted molar refractivity (Wildman–Crippen MR) is 52.4 cm³/mol. The van der Waals surface area contributed by atoms with Crippen molar-refractivity contribution in [3.63, 3.8) is 0 Å². The number of carboxylic acids is 1. The van der Waals surface area contributed by atoms with Crippen LogP contribution < -0.4 is 0 Å². The van der Waals surface area contributed by atoms with Crippen molar-refractivity contribution >= 4 is 5.97 Å². The van der Waals surface area contributed by atoms with E-state index >= 15 is 0 Å². The van der Waals surface area contributed by atoms with Gasteiger partial charge in [-0.25, -0.2) is 4.79 Å². The van der Waals surface area contributed by atoms with E-state index < -0.39 is 5.97 Å². The summed E-state index contributed by atoms with van der Waals surface area (Å²) in [5.74, 6) is 0.146. The van der Waals surface area contributed by atoms with Crippen molar-refractivity contribution in [2.75, 3.05) is 0 Å². The van der Waals surface area contributed by atoms with E-state index in [9.17, 15) is 4.79 Å². The fourth-order valence-electron chi connectivity index (χ4n) is 1.96. The maximum Gasteiger partial charge on any atom is 0.327 e. The molecule has 0 bridgehead atoms. The minimum absolute atomic E-state index is 0.413. The predicted octanol–water partition coefficient (Wildman–Crippen LogP) is 2.62. The third-order valence-corrected chi connectivity index (χ3v) is 2.34. The molecule has 0 saturated carbocycles. The second-order valence-corrected chi connectivity index (χ2v) is 3.89. The molecule has 0 fully saturated rings. The van der Waals surface area contributed by atoms with Gasteiger partial charge in [-0.15, -0.1) is 0 Å². The molecule has 0 aromatic carbocycles. The second kappa shape index (κ2) is 4.26. The number of carboxylic acid groups (broad SMARTS) is 1. The zero-order valence-electron chi connectivity index (χ0n) is 8.16. The maximum absolute atomic E-state index is 10.3. The Bertz CT molecular complexity index is 251. The van der Waals surface area contributed by atoms with Crippen molar-refractivity contribution in [3.05, 3.63) is 23.8 Å². The van der Waals surface area contributed by atoms with Crippen molar-refractivity contribution in [1.82, 2.24) is 0 Å². The van der Waals surface area contributed by atoms with Gasteiger partial charge in [-0.05, 0) is 31.6 Å². The number of rotatable bonds is 2.